The molecule has 0 saturated carbocycles. The Bertz CT molecular complexity index is 614. The van der Waals surface area contributed by atoms with E-state index in [9.17, 15) is 4.79 Å². The second-order valence-electron chi connectivity index (χ2n) is 3.97. The fourth-order valence-corrected chi connectivity index (χ4v) is 2.68. The molecule has 0 radical (unpaired) electrons. The van der Waals surface area contributed by atoms with Crippen LogP contribution in [0.4, 0.5) is 0 Å². The number of benzene rings is 1. The van der Waals surface area contributed by atoms with Gasteiger partial charge >= 0.3 is 0 Å². The summed E-state index contributed by atoms with van der Waals surface area (Å²) < 4.78 is 5.23. The van der Waals surface area contributed by atoms with Crippen molar-refractivity contribution in [3.63, 3.8) is 0 Å². The molecule has 2 rings (SSSR count). The molecule has 0 spiro atoms. The van der Waals surface area contributed by atoms with E-state index < -0.39 is 0 Å². The van der Waals surface area contributed by atoms with Crippen molar-refractivity contribution >= 4 is 17.5 Å². The number of ether oxygens (including phenoxy) is 1. The Kier molecular flexibility index (Phi) is 4.16. The standard InChI is InChI=1S/C14H14N2O2S/c1-9-7-8-15-14(16-9)19-12-6-4-5-11(18-3)13(12)10(2)17/h4-8H,1-3H3. The predicted octanol–water partition coefficient (Wildman–Crippen LogP) is 3.15. The second-order valence-corrected chi connectivity index (χ2v) is 4.98. The van der Waals surface area contributed by atoms with Gasteiger partial charge in [-0.2, -0.15) is 0 Å². The molecule has 0 aliphatic heterocycles. The molecule has 0 fully saturated rings. The Balaban J connectivity index is 2.42. The lowest BCUT2D eigenvalue weighted by molar-refractivity contribution is 0.101. The van der Waals surface area contributed by atoms with E-state index in [0.717, 1.165) is 10.6 Å². The number of Topliss-reactive ketones (excluding diaryl/α,β-unsaturated/α-hetero) is 1. The molecule has 98 valence electrons. The fourth-order valence-electron chi connectivity index (χ4n) is 1.69. The maximum atomic E-state index is 11.8. The summed E-state index contributed by atoms with van der Waals surface area (Å²) in [7, 11) is 1.55. The first kappa shape index (κ1) is 13.5. The molecule has 1 aromatic carbocycles. The maximum Gasteiger partial charge on any atom is 0.192 e. The minimum absolute atomic E-state index is 0.0346. The van der Waals surface area contributed by atoms with Crippen LogP contribution in [0.1, 0.15) is 23.0 Å². The number of carbonyl (C=O) groups excluding carboxylic acids is 1. The summed E-state index contributed by atoms with van der Waals surface area (Å²) in [5.41, 5.74) is 1.46. The van der Waals surface area contributed by atoms with E-state index in [-0.39, 0.29) is 5.78 Å². The summed E-state index contributed by atoms with van der Waals surface area (Å²) in [5, 5.41) is 0.621. The van der Waals surface area contributed by atoms with Crippen LogP contribution >= 0.6 is 11.8 Å². The van der Waals surface area contributed by atoms with Crippen molar-refractivity contribution in [3.05, 3.63) is 41.7 Å². The first-order valence-electron chi connectivity index (χ1n) is 5.77. The van der Waals surface area contributed by atoms with Crippen molar-refractivity contribution in [1.29, 1.82) is 0 Å². The molecule has 0 amide bonds. The molecule has 0 N–H and O–H groups in total. The Morgan fingerprint density at radius 1 is 1.32 bits per heavy atom. The summed E-state index contributed by atoms with van der Waals surface area (Å²) in [6, 6.07) is 7.33. The lowest BCUT2D eigenvalue weighted by atomic mass is 10.1. The summed E-state index contributed by atoms with van der Waals surface area (Å²) in [5.74, 6) is 0.540. The number of aryl methyl sites for hydroxylation is 1. The number of carbonyl (C=O) groups is 1. The van der Waals surface area contributed by atoms with Gasteiger partial charge in [0.2, 0.25) is 0 Å². The molecule has 0 aliphatic carbocycles. The van der Waals surface area contributed by atoms with Crippen molar-refractivity contribution < 1.29 is 9.53 Å². The molecule has 0 saturated heterocycles. The van der Waals surface area contributed by atoms with Crippen LogP contribution in [0.5, 0.6) is 5.75 Å². The van der Waals surface area contributed by atoms with Crippen LogP contribution in [0.2, 0.25) is 0 Å². The highest BCUT2D eigenvalue weighted by Gasteiger charge is 2.15. The van der Waals surface area contributed by atoms with E-state index in [2.05, 4.69) is 9.97 Å². The van der Waals surface area contributed by atoms with Gasteiger partial charge in [-0.15, -0.1) is 0 Å². The summed E-state index contributed by atoms with van der Waals surface area (Å²) >= 11 is 1.36. The second kappa shape index (κ2) is 5.84. The lowest BCUT2D eigenvalue weighted by Crippen LogP contribution is -2.00. The van der Waals surface area contributed by atoms with Gasteiger partial charge in [-0.1, -0.05) is 6.07 Å². The van der Waals surface area contributed by atoms with Gasteiger partial charge in [-0.05, 0) is 43.8 Å². The van der Waals surface area contributed by atoms with Gasteiger partial charge in [0.05, 0.1) is 12.7 Å². The van der Waals surface area contributed by atoms with Crippen LogP contribution < -0.4 is 4.74 Å². The third-order valence-electron chi connectivity index (χ3n) is 2.53. The smallest absolute Gasteiger partial charge is 0.192 e. The summed E-state index contributed by atoms with van der Waals surface area (Å²) in [4.78, 5) is 21.1. The van der Waals surface area contributed by atoms with Crippen molar-refractivity contribution in [2.45, 2.75) is 23.9 Å². The molecule has 19 heavy (non-hydrogen) atoms. The largest absolute Gasteiger partial charge is 0.496 e. The van der Waals surface area contributed by atoms with Gasteiger partial charge in [0, 0.05) is 16.8 Å². The van der Waals surface area contributed by atoms with Gasteiger partial charge in [0.1, 0.15) is 5.75 Å². The third-order valence-corrected chi connectivity index (χ3v) is 3.47. The molecular formula is C14H14N2O2S. The van der Waals surface area contributed by atoms with Gasteiger partial charge < -0.3 is 4.74 Å². The Labute approximate surface area is 116 Å². The quantitative estimate of drug-likeness (QED) is 0.633. The zero-order valence-corrected chi connectivity index (χ0v) is 11.8. The Hall–Kier alpha value is -1.88. The van der Waals surface area contributed by atoms with Gasteiger partial charge in [0.25, 0.3) is 0 Å². The van der Waals surface area contributed by atoms with E-state index >= 15 is 0 Å². The minimum atomic E-state index is -0.0346. The highest BCUT2D eigenvalue weighted by molar-refractivity contribution is 7.99. The molecule has 1 aromatic heterocycles. The van der Waals surface area contributed by atoms with E-state index in [0.29, 0.717) is 16.5 Å². The summed E-state index contributed by atoms with van der Waals surface area (Å²) in [6.07, 6.45) is 1.71. The van der Waals surface area contributed by atoms with E-state index in [1.807, 2.05) is 25.1 Å². The van der Waals surface area contributed by atoms with E-state index in [1.54, 1.807) is 19.4 Å². The van der Waals surface area contributed by atoms with Gasteiger partial charge in [0.15, 0.2) is 10.9 Å². The molecule has 0 atom stereocenters. The number of methoxy groups -OCH3 is 1. The highest BCUT2D eigenvalue weighted by Crippen LogP contribution is 2.33. The Morgan fingerprint density at radius 3 is 2.74 bits per heavy atom. The molecule has 5 heteroatoms. The lowest BCUT2D eigenvalue weighted by Gasteiger charge is -2.10. The zero-order chi connectivity index (χ0) is 13.8. The van der Waals surface area contributed by atoms with Crippen LogP contribution in [-0.2, 0) is 0 Å². The normalized spacial score (nSPS) is 10.3. The van der Waals surface area contributed by atoms with Gasteiger partial charge in [-0.3, -0.25) is 4.79 Å². The molecule has 0 unspecified atom stereocenters. The molecule has 1 heterocycles. The Morgan fingerprint density at radius 2 is 2.11 bits per heavy atom. The van der Waals surface area contributed by atoms with Crippen molar-refractivity contribution in [2.24, 2.45) is 0 Å². The number of aromatic nitrogens is 2. The van der Waals surface area contributed by atoms with Crippen LogP contribution in [0.3, 0.4) is 0 Å². The minimum Gasteiger partial charge on any atom is -0.496 e. The fraction of sp³-hybridized carbons (Fsp3) is 0.214. The average molecular weight is 274 g/mol. The number of hydrogen-bond donors (Lipinski definition) is 0. The van der Waals surface area contributed by atoms with Crippen LogP contribution in [-0.4, -0.2) is 22.9 Å². The van der Waals surface area contributed by atoms with Crippen molar-refractivity contribution in [2.75, 3.05) is 7.11 Å². The molecule has 4 nitrogen and oxygen atoms in total. The van der Waals surface area contributed by atoms with E-state index in [1.165, 1.54) is 18.7 Å². The molecule has 2 aromatic rings. The average Bonchev–Trinajstić information content (AvgIpc) is 2.38. The van der Waals surface area contributed by atoms with Crippen molar-refractivity contribution in [1.82, 2.24) is 9.97 Å². The first-order valence-corrected chi connectivity index (χ1v) is 6.59. The van der Waals surface area contributed by atoms with Gasteiger partial charge in [-0.25, -0.2) is 9.97 Å². The number of nitrogens with zero attached hydrogens (tertiary/aromatic N) is 2. The monoisotopic (exact) mass is 274 g/mol. The predicted molar refractivity (Wildman–Crippen MR) is 73.9 cm³/mol. The molecule has 0 bridgehead atoms. The number of rotatable bonds is 4. The van der Waals surface area contributed by atoms with Crippen LogP contribution in [0.25, 0.3) is 0 Å². The van der Waals surface area contributed by atoms with Crippen LogP contribution in [0.15, 0.2) is 40.5 Å². The third kappa shape index (κ3) is 3.12. The molecule has 0 aliphatic rings. The SMILES string of the molecule is COc1cccc(Sc2nccc(C)n2)c1C(C)=O. The topological polar surface area (TPSA) is 52.1 Å². The van der Waals surface area contributed by atoms with E-state index in [4.69, 9.17) is 4.74 Å². The number of ketones is 1. The first-order chi connectivity index (χ1) is 9.11. The highest BCUT2D eigenvalue weighted by atomic mass is 32.2. The molecular weight excluding hydrogens is 260 g/mol. The van der Waals surface area contributed by atoms with Crippen molar-refractivity contribution in [3.8, 4) is 5.75 Å². The number of hydrogen-bond acceptors (Lipinski definition) is 5. The van der Waals surface area contributed by atoms with Crippen LogP contribution in [0, 0.1) is 6.92 Å². The summed E-state index contributed by atoms with van der Waals surface area (Å²) in [6.45, 7) is 3.43. The zero-order valence-electron chi connectivity index (χ0n) is 11.0. The maximum absolute atomic E-state index is 11.8.